The van der Waals surface area contributed by atoms with Gasteiger partial charge in [0.1, 0.15) is 11.6 Å². The van der Waals surface area contributed by atoms with Gasteiger partial charge in [-0.05, 0) is 78.4 Å². The summed E-state index contributed by atoms with van der Waals surface area (Å²) in [5.41, 5.74) is -0.132. The minimum atomic E-state index is -3.08. The summed E-state index contributed by atoms with van der Waals surface area (Å²) in [6, 6.07) is 52.2. The van der Waals surface area contributed by atoms with Gasteiger partial charge in [-0.25, -0.2) is 4.79 Å². The van der Waals surface area contributed by atoms with Gasteiger partial charge in [-0.15, -0.1) is 0 Å². The predicted octanol–water partition coefficient (Wildman–Crippen LogP) is 9.24. The van der Waals surface area contributed by atoms with E-state index >= 15 is 4.79 Å². The Kier molecular flexibility index (Phi) is 14.3. The van der Waals surface area contributed by atoms with Gasteiger partial charge in [0.25, 0.3) is 8.32 Å². The van der Waals surface area contributed by atoms with Crippen LogP contribution in [0.1, 0.15) is 74.8 Å². The molecule has 3 atom stereocenters. The van der Waals surface area contributed by atoms with Crippen LogP contribution in [0, 0.1) is 5.41 Å². The fourth-order valence-electron chi connectivity index (χ4n) is 8.00. The molecule has 0 heterocycles. The molecule has 2 amide bonds. The molecule has 2 N–H and O–H groups in total. The molecule has 0 aromatic heterocycles. The summed E-state index contributed by atoms with van der Waals surface area (Å²) in [7, 11) is -5.44. The Labute approximate surface area is 349 Å². The quantitative estimate of drug-likeness (QED) is 0.0867. The molecule has 0 bridgehead atoms. The van der Waals surface area contributed by atoms with Crippen LogP contribution in [0.15, 0.2) is 152 Å². The Morgan fingerprint density at radius 3 is 1.41 bits per heavy atom. The first kappa shape index (κ1) is 44.5. The lowest BCUT2D eigenvalue weighted by molar-refractivity contribution is -0.126. The molecule has 0 fully saturated rings. The lowest BCUT2D eigenvalue weighted by atomic mass is 9.86. The highest BCUT2D eigenvalue weighted by atomic mass is 31.2. The van der Waals surface area contributed by atoms with Gasteiger partial charge in [-0.2, -0.15) is 0 Å². The van der Waals surface area contributed by atoms with Gasteiger partial charge in [0.05, 0.1) is 42.3 Å². The smallest absolute Gasteiger partial charge is 0.408 e. The molecule has 6 nitrogen and oxygen atoms in total. The molecular weight excluding hydrogens is 752 g/mol. The maximum atomic E-state index is 15.0. The summed E-state index contributed by atoms with van der Waals surface area (Å²) in [5.74, 6) is -0.278. The van der Waals surface area contributed by atoms with E-state index in [9.17, 15) is 4.79 Å². The minimum absolute atomic E-state index is 0.278. The maximum Gasteiger partial charge on any atom is 0.408 e. The number of nitrogens with one attached hydrogen (secondary N) is 2. The average molecular weight is 816 g/mol. The first-order chi connectivity index (χ1) is 27.4. The number of carbonyl (C=O) groups excluding carboxylic acids is 2. The summed E-state index contributed by atoms with van der Waals surface area (Å²) in [6.45, 7) is 20.3. The summed E-state index contributed by atoms with van der Waals surface area (Å²) in [6.07, 6.45) is 0.318. The van der Waals surface area contributed by atoms with Crippen molar-refractivity contribution < 1.29 is 18.8 Å². The highest BCUT2D eigenvalue weighted by Gasteiger charge is 2.54. The van der Waals surface area contributed by atoms with Crippen molar-refractivity contribution in [3.63, 3.8) is 0 Å². The largest absolute Gasteiger partial charge is 0.444 e. The zero-order chi connectivity index (χ0) is 42.2. The van der Waals surface area contributed by atoms with E-state index in [0.717, 1.165) is 6.16 Å². The van der Waals surface area contributed by atoms with Crippen molar-refractivity contribution in [1.29, 1.82) is 0 Å². The Morgan fingerprint density at radius 2 is 1.02 bits per heavy atom. The number of benzene rings is 5. The highest BCUT2D eigenvalue weighted by Crippen LogP contribution is 2.60. The van der Waals surface area contributed by atoms with Crippen molar-refractivity contribution in [3.8, 4) is 0 Å². The summed E-state index contributed by atoms with van der Waals surface area (Å²) >= 11 is 0. The minimum Gasteiger partial charge on any atom is -0.444 e. The van der Waals surface area contributed by atoms with Crippen LogP contribution < -0.4 is 31.6 Å². The van der Waals surface area contributed by atoms with Crippen LogP contribution >= 0.6 is 7.26 Å². The molecule has 0 saturated heterocycles. The molecule has 58 heavy (non-hydrogen) atoms. The number of ether oxygens (including phenoxy) is 1. The lowest BCUT2D eigenvalue weighted by Gasteiger charge is -2.46. The topological polar surface area (TPSA) is 76.7 Å². The monoisotopic (exact) mass is 815 g/mol. The zero-order valence-electron chi connectivity index (χ0n) is 36.2. The highest BCUT2D eigenvalue weighted by molar-refractivity contribution is 7.88. The third-order valence-corrected chi connectivity index (χ3v) is 20.4. The van der Waals surface area contributed by atoms with Gasteiger partial charge in [0.15, 0.2) is 0 Å². The molecule has 0 aliphatic heterocycles. The number of hydrogen-bond donors (Lipinski definition) is 2. The van der Waals surface area contributed by atoms with Crippen molar-refractivity contribution in [2.24, 2.45) is 5.41 Å². The number of alkyl carbamates (subject to hydrolysis) is 1. The number of amides is 2. The zero-order valence-corrected chi connectivity index (χ0v) is 38.1. The molecule has 0 radical (unpaired) electrons. The molecule has 5 aromatic carbocycles. The molecule has 8 heteroatoms. The number of rotatable bonds is 14. The Morgan fingerprint density at radius 1 is 0.603 bits per heavy atom. The normalized spacial score (nSPS) is 14.2. The first-order valence-corrected chi connectivity index (χ1v) is 24.5. The summed E-state index contributed by atoms with van der Waals surface area (Å²) in [5, 5.41) is 11.1. The Balaban J connectivity index is 1.72. The van der Waals surface area contributed by atoms with Crippen molar-refractivity contribution in [3.05, 3.63) is 157 Å². The van der Waals surface area contributed by atoms with Gasteiger partial charge >= 0.3 is 6.09 Å². The third kappa shape index (κ3) is 10.7. The van der Waals surface area contributed by atoms with E-state index in [2.05, 4.69) is 190 Å². The van der Waals surface area contributed by atoms with Gasteiger partial charge < -0.3 is 19.8 Å². The second-order valence-corrected chi connectivity index (χ2v) is 26.4. The Hall–Kier alpha value is -4.55. The molecule has 306 valence electrons. The van der Waals surface area contributed by atoms with Crippen LogP contribution in [-0.2, 0) is 20.1 Å². The molecule has 0 aliphatic rings. The van der Waals surface area contributed by atoms with E-state index in [4.69, 9.17) is 9.16 Å². The van der Waals surface area contributed by atoms with Crippen molar-refractivity contribution in [1.82, 2.24) is 10.6 Å². The van der Waals surface area contributed by atoms with Crippen LogP contribution in [0.4, 0.5) is 4.79 Å². The molecule has 5 aromatic rings. The van der Waals surface area contributed by atoms with E-state index in [0.29, 0.717) is 6.16 Å². The van der Waals surface area contributed by atoms with E-state index in [1.54, 1.807) is 0 Å². The fourth-order valence-corrected chi connectivity index (χ4v) is 17.3. The lowest BCUT2D eigenvalue weighted by Crippen LogP contribution is -2.69. The van der Waals surface area contributed by atoms with E-state index in [1.165, 1.54) is 26.5 Å². The van der Waals surface area contributed by atoms with Crippen molar-refractivity contribution in [2.75, 3.05) is 6.16 Å². The Bertz CT molecular complexity index is 1970. The van der Waals surface area contributed by atoms with Crippen LogP contribution in [0.25, 0.3) is 0 Å². The predicted molar refractivity (Wildman–Crippen MR) is 247 cm³/mol. The van der Waals surface area contributed by atoms with Crippen LogP contribution in [0.3, 0.4) is 0 Å². The SMILES string of the molecule is CC(O[Si](c1ccccc1)(c1ccccc1)C(C)(C)C)[C@@H](C[P+](Cc1ccccc1)(c1ccccc1)c1ccccc1)NC(=O)C(NC(=O)OC(C)(C)C)C(C)(C)C. The van der Waals surface area contributed by atoms with Crippen molar-refractivity contribution in [2.45, 2.75) is 104 Å². The van der Waals surface area contributed by atoms with Crippen LogP contribution in [0.5, 0.6) is 0 Å². The second-order valence-electron chi connectivity index (χ2n) is 18.5. The van der Waals surface area contributed by atoms with Gasteiger partial charge in [0, 0.05) is 0 Å². The number of hydrogen-bond acceptors (Lipinski definition) is 4. The summed E-state index contributed by atoms with van der Waals surface area (Å²) in [4.78, 5) is 28.3. The molecular formula is C50H64N2O4PSi+. The van der Waals surface area contributed by atoms with Crippen LogP contribution in [0.2, 0.25) is 5.04 Å². The second kappa shape index (κ2) is 18.6. The van der Waals surface area contributed by atoms with Gasteiger partial charge in [-0.3, -0.25) is 4.79 Å². The van der Waals surface area contributed by atoms with Gasteiger partial charge in [0.2, 0.25) is 5.91 Å². The average Bonchev–Trinajstić information content (AvgIpc) is 3.18. The molecule has 0 saturated carbocycles. The first-order valence-electron chi connectivity index (χ1n) is 20.5. The molecule has 2 unspecified atom stereocenters. The van der Waals surface area contributed by atoms with E-state index < -0.39 is 50.9 Å². The van der Waals surface area contributed by atoms with E-state index in [1.807, 2.05) is 41.5 Å². The molecule has 0 aliphatic carbocycles. The van der Waals surface area contributed by atoms with E-state index in [-0.39, 0.29) is 10.9 Å². The summed E-state index contributed by atoms with van der Waals surface area (Å²) < 4.78 is 13.5. The third-order valence-electron chi connectivity index (χ3n) is 10.8. The fraction of sp³-hybridized carbons (Fsp3) is 0.360. The molecule has 0 spiro atoms. The van der Waals surface area contributed by atoms with Crippen molar-refractivity contribution >= 4 is 48.6 Å². The maximum absolute atomic E-state index is 15.0. The van der Waals surface area contributed by atoms with Crippen LogP contribution in [-0.4, -0.2) is 50.3 Å². The standard InChI is InChI=1S/C50H63N2O4PSi/c1-38(56-58(50(8,9)10,42-32-22-14-23-33-42)43-34-24-15-25-35-43)44(51-46(53)45(48(2,3)4)52-47(54)55-49(5,6)7)37-57(40-28-18-12-19-29-40,41-30-20-13-21-31-41)36-39-26-16-11-17-27-39/h11-35,38,44-45H,36-37H2,1-10H3,(H-,51,52,53,54)/p+1/t38?,44-,45?/m1/s1. The number of carbonyl (C=O) groups is 2. The molecule has 5 rings (SSSR count). The van der Waals surface area contributed by atoms with Gasteiger partial charge in [-0.1, -0.05) is 169 Å².